The van der Waals surface area contributed by atoms with Crippen molar-refractivity contribution in [2.45, 2.75) is 12.5 Å². The first-order valence-electron chi connectivity index (χ1n) is 7.07. The Balaban J connectivity index is 1.68. The van der Waals surface area contributed by atoms with Gasteiger partial charge < -0.3 is 14.7 Å². The van der Waals surface area contributed by atoms with Crippen molar-refractivity contribution in [3.8, 4) is 5.69 Å². The van der Waals surface area contributed by atoms with Crippen LogP contribution in [0.15, 0.2) is 30.6 Å². The lowest BCUT2D eigenvalue weighted by Gasteiger charge is -2.32. The number of aliphatic carboxylic acids is 1. The van der Waals surface area contributed by atoms with Gasteiger partial charge >= 0.3 is 5.97 Å². The average molecular weight is 317 g/mol. The zero-order chi connectivity index (χ0) is 16.2. The summed E-state index contributed by atoms with van der Waals surface area (Å²) in [5.74, 6) is -1.28. The van der Waals surface area contributed by atoms with Crippen LogP contribution in [0.2, 0.25) is 0 Å². The van der Waals surface area contributed by atoms with Crippen molar-refractivity contribution in [3.63, 3.8) is 0 Å². The number of amides is 1. The second-order valence-electron chi connectivity index (χ2n) is 5.11. The zero-order valence-corrected chi connectivity index (χ0v) is 12.2. The first kappa shape index (κ1) is 15.1. The van der Waals surface area contributed by atoms with Crippen LogP contribution in [-0.2, 0) is 20.7 Å². The van der Waals surface area contributed by atoms with Crippen molar-refractivity contribution in [1.82, 2.24) is 25.1 Å². The second kappa shape index (κ2) is 6.53. The number of hydrogen-bond donors (Lipinski definition) is 1. The van der Waals surface area contributed by atoms with Crippen molar-refractivity contribution in [1.29, 1.82) is 0 Å². The molecule has 0 aliphatic carbocycles. The number of benzene rings is 1. The third-order valence-corrected chi connectivity index (χ3v) is 3.64. The molecule has 1 amide bonds. The Hall–Kier alpha value is -2.81. The van der Waals surface area contributed by atoms with Crippen LogP contribution in [0.3, 0.4) is 0 Å². The lowest BCUT2D eigenvalue weighted by Crippen LogP contribution is -2.53. The van der Waals surface area contributed by atoms with E-state index in [2.05, 4.69) is 15.5 Å². The Kier molecular flexibility index (Phi) is 4.29. The van der Waals surface area contributed by atoms with E-state index in [0.717, 1.165) is 11.3 Å². The fraction of sp³-hybridized carbons (Fsp3) is 0.357. The van der Waals surface area contributed by atoms with E-state index >= 15 is 0 Å². The van der Waals surface area contributed by atoms with Crippen LogP contribution in [0.5, 0.6) is 0 Å². The third-order valence-electron chi connectivity index (χ3n) is 3.64. The number of rotatable bonds is 4. The molecule has 1 unspecified atom stereocenters. The van der Waals surface area contributed by atoms with Gasteiger partial charge in [-0.2, -0.15) is 0 Å². The molecule has 9 heteroatoms. The van der Waals surface area contributed by atoms with Crippen LogP contribution in [0, 0.1) is 0 Å². The Bertz CT molecular complexity index is 686. The van der Waals surface area contributed by atoms with Crippen molar-refractivity contribution >= 4 is 11.9 Å². The highest BCUT2D eigenvalue weighted by molar-refractivity contribution is 5.85. The van der Waals surface area contributed by atoms with Crippen molar-refractivity contribution in [2.24, 2.45) is 0 Å². The number of carboxylic acid groups (broad SMARTS) is 1. The van der Waals surface area contributed by atoms with Gasteiger partial charge in [0.05, 0.1) is 25.3 Å². The maximum Gasteiger partial charge on any atom is 0.328 e. The molecule has 1 aliphatic rings. The van der Waals surface area contributed by atoms with Crippen molar-refractivity contribution < 1.29 is 19.4 Å². The maximum atomic E-state index is 12.4. The lowest BCUT2D eigenvalue weighted by atomic mass is 10.1. The van der Waals surface area contributed by atoms with Gasteiger partial charge in [0.25, 0.3) is 0 Å². The molecule has 1 N–H and O–H groups in total. The van der Waals surface area contributed by atoms with Gasteiger partial charge in [-0.3, -0.25) is 4.79 Å². The van der Waals surface area contributed by atoms with Crippen LogP contribution in [0.25, 0.3) is 5.69 Å². The first-order chi connectivity index (χ1) is 11.1. The molecular weight excluding hydrogens is 302 g/mol. The molecule has 0 saturated carbocycles. The van der Waals surface area contributed by atoms with E-state index in [0.29, 0.717) is 13.2 Å². The predicted octanol–water partition coefficient (Wildman–Crippen LogP) is -0.483. The summed E-state index contributed by atoms with van der Waals surface area (Å²) in [6, 6.07) is 6.27. The summed E-state index contributed by atoms with van der Waals surface area (Å²) < 4.78 is 6.64. The molecule has 1 aliphatic heterocycles. The van der Waals surface area contributed by atoms with E-state index in [1.165, 1.54) is 15.9 Å². The predicted molar refractivity (Wildman–Crippen MR) is 76.8 cm³/mol. The van der Waals surface area contributed by atoms with Crippen molar-refractivity contribution in [2.75, 3.05) is 19.8 Å². The topological polar surface area (TPSA) is 110 Å². The van der Waals surface area contributed by atoms with Crippen LogP contribution in [-0.4, -0.2) is 67.9 Å². The minimum absolute atomic E-state index is 0.0271. The minimum Gasteiger partial charge on any atom is -0.480 e. The lowest BCUT2D eigenvalue weighted by molar-refractivity contribution is -0.158. The summed E-state index contributed by atoms with van der Waals surface area (Å²) in [5, 5.41) is 20.1. The molecule has 3 rings (SSSR count). The van der Waals surface area contributed by atoms with E-state index in [1.54, 1.807) is 24.3 Å². The number of carbonyl (C=O) groups is 2. The van der Waals surface area contributed by atoms with E-state index in [9.17, 15) is 14.7 Å². The molecule has 23 heavy (non-hydrogen) atoms. The molecule has 2 heterocycles. The number of carbonyl (C=O) groups excluding carboxylic acids is 1. The van der Waals surface area contributed by atoms with Crippen LogP contribution in [0.1, 0.15) is 5.56 Å². The van der Waals surface area contributed by atoms with E-state index in [4.69, 9.17) is 4.74 Å². The molecule has 1 atom stereocenters. The van der Waals surface area contributed by atoms with Gasteiger partial charge in [-0.05, 0) is 28.1 Å². The van der Waals surface area contributed by atoms with E-state index < -0.39 is 12.0 Å². The highest BCUT2D eigenvalue weighted by Crippen LogP contribution is 2.13. The molecule has 9 nitrogen and oxygen atoms in total. The van der Waals surface area contributed by atoms with Gasteiger partial charge in [0.15, 0.2) is 6.04 Å². The molecule has 0 bridgehead atoms. The summed E-state index contributed by atoms with van der Waals surface area (Å²) in [6.45, 7) is 0.672. The molecular formula is C14H15N5O4. The number of aromatic nitrogens is 4. The number of ether oxygens (including phenoxy) is 1. The number of nitrogens with zero attached hydrogens (tertiary/aromatic N) is 5. The van der Waals surface area contributed by atoms with Crippen LogP contribution in [0.4, 0.5) is 0 Å². The molecule has 1 aromatic heterocycles. The minimum atomic E-state index is -1.05. The van der Waals surface area contributed by atoms with Crippen LogP contribution >= 0.6 is 0 Å². The quantitative estimate of drug-likeness (QED) is 0.810. The summed E-state index contributed by atoms with van der Waals surface area (Å²) in [6.07, 6.45) is 1.62. The molecule has 120 valence electrons. The third kappa shape index (κ3) is 3.34. The average Bonchev–Trinajstić information content (AvgIpc) is 3.10. The molecule has 1 fully saturated rings. The SMILES string of the molecule is O=C(O)C1COCCN1C(=O)Cc1ccc(-n2cnnn2)cc1. The van der Waals surface area contributed by atoms with Gasteiger partial charge in [-0.15, -0.1) is 5.10 Å². The van der Waals surface area contributed by atoms with E-state index in [-0.39, 0.29) is 18.9 Å². The van der Waals surface area contributed by atoms with Gasteiger partial charge in [0.1, 0.15) is 6.33 Å². The molecule has 2 aromatic rings. The smallest absolute Gasteiger partial charge is 0.328 e. The number of carboxylic acids is 1. The first-order valence-corrected chi connectivity index (χ1v) is 7.07. The number of tetrazole rings is 1. The fourth-order valence-corrected chi connectivity index (χ4v) is 2.43. The highest BCUT2D eigenvalue weighted by atomic mass is 16.5. The Morgan fingerprint density at radius 2 is 2.09 bits per heavy atom. The van der Waals surface area contributed by atoms with E-state index in [1.807, 2.05) is 0 Å². The molecule has 1 aromatic carbocycles. The summed E-state index contributed by atoms with van der Waals surface area (Å²) in [5.41, 5.74) is 1.57. The Labute approximate surface area is 131 Å². The largest absolute Gasteiger partial charge is 0.480 e. The fourth-order valence-electron chi connectivity index (χ4n) is 2.43. The molecule has 0 spiro atoms. The summed E-state index contributed by atoms with van der Waals surface area (Å²) in [4.78, 5) is 24.9. The van der Waals surface area contributed by atoms with Gasteiger partial charge in [0, 0.05) is 6.54 Å². The second-order valence-corrected chi connectivity index (χ2v) is 5.11. The number of hydrogen-bond acceptors (Lipinski definition) is 6. The summed E-state index contributed by atoms with van der Waals surface area (Å²) >= 11 is 0. The van der Waals surface area contributed by atoms with Gasteiger partial charge in [-0.1, -0.05) is 12.1 Å². The molecule has 1 saturated heterocycles. The zero-order valence-electron chi connectivity index (χ0n) is 12.2. The highest BCUT2D eigenvalue weighted by Gasteiger charge is 2.32. The Morgan fingerprint density at radius 3 is 2.74 bits per heavy atom. The van der Waals surface area contributed by atoms with Crippen molar-refractivity contribution in [3.05, 3.63) is 36.2 Å². The standard InChI is InChI=1S/C14H15N5O4/c20-13(18-5-6-23-8-12(18)14(21)22)7-10-1-3-11(4-2-10)19-9-15-16-17-19/h1-4,9,12H,5-8H2,(H,21,22). The monoisotopic (exact) mass is 317 g/mol. The van der Waals surface area contributed by atoms with Crippen LogP contribution < -0.4 is 0 Å². The Morgan fingerprint density at radius 1 is 1.30 bits per heavy atom. The van der Waals surface area contributed by atoms with Gasteiger partial charge in [0.2, 0.25) is 5.91 Å². The number of morpholine rings is 1. The maximum absolute atomic E-state index is 12.4. The van der Waals surface area contributed by atoms with Gasteiger partial charge in [-0.25, -0.2) is 9.48 Å². The summed E-state index contributed by atoms with van der Waals surface area (Å²) in [7, 11) is 0. The normalized spacial score (nSPS) is 17.9. The molecule has 0 radical (unpaired) electrons.